The van der Waals surface area contributed by atoms with E-state index in [2.05, 4.69) is 0 Å². The smallest absolute Gasteiger partial charge is 0.410 e. The lowest BCUT2D eigenvalue weighted by Gasteiger charge is -2.33. The Morgan fingerprint density at radius 1 is 1.19 bits per heavy atom. The molecule has 96 valence electrons. The van der Waals surface area contributed by atoms with E-state index < -0.39 is 0 Å². The molecule has 2 atom stereocenters. The van der Waals surface area contributed by atoms with Gasteiger partial charge in [-0.05, 0) is 33.6 Å². The molecule has 3 nitrogen and oxygen atoms in total. The molecule has 0 radical (unpaired) electrons. The van der Waals surface area contributed by atoms with Crippen molar-refractivity contribution in [2.24, 2.45) is 0 Å². The second-order valence-electron chi connectivity index (χ2n) is 3.76. The van der Waals surface area contributed by atoms with Gasteiger partial charge in [0.2, 0.25) is 0 Å². The van der Waals surface area contributed by atoms with Gasteiger partial charge in [0, 0.05) is 23.8 Å². The van der Waals surface area contributed by atoms with Crippen LogP contribution < -0.4 is 0 Å². The first-order valence-electron chi connectivity index (χ1n) is 5.65. The lowest BCUT2D eigenvalue weighted by molar-refractivity contribution is 0.0747. The molecule has 16 heavy (non-hydrogen) atoms. The number of nitrogens with zero attached hydrogens (tertiary/aromatic N) is 1. The van der Waals surface area contributed by atoms with E-state index in [-0.39, 0.29) is 18.2 Å². The maximum absolute atomic E-state index is 11.8. The molecule has 0 aromatic rings. The van der Waals surface area contributed by atoms with Gasteiger partial charge in [0.05, 0.1) is 6.61 Å². The first-order valence-corrected chi connectivity index (χ1v) is 6.72. The number of rotatable bonds is 7. The minimum Gasteiger partial charge on any atom is -0.450 e. The standard InChI is InChI=1S/C11H21Cl2NO2/c1-4-16-11(15)14(9(2)5-7-12)10(3)6-8-13/h9-10H,4-8H2,1-3H3. The van der Waals surface area contributed by atoms with Crippen LogP contribution in [0, 0.1) is 0 Å². The summed E-state index contributed by atoms with van der Waals surface area (Å²) in [5.74, 6) is 1.06. The SMILES string of the molecule is CCOC(=O)N(C(C)CCCl)C(C)CCCl. The summed E-state index contributed by atoms with van der Waals surface area (Å²) < 4.78 is 5.04. The summed E-state index contributed by atoms with van der Waals surface area (Å²) >= 11 is 11.4. The van der Waals surface area contributed by atoms with Crippen LogP contribution in [0.3, 0.4) is 0 Å². The fourth-order valence-electron chi connectivity index (χ4n) is 1.59. The summed E-state index contributed by atoms with van der Waals surface area (Å²) in [4.78, 5) is 13.5. The van der Waals surface area contributed by atoms with Crippen molar-refractivity contribution in [3.8, 4) is 0 Å². The normalized spacial score (nSPS) is 14.3. The molecule has 0 fully saturated rings. The number of alkyl halides is 2. The molecule has 0 rings (SSSR count). The molecule has 0 N–H and O–H groups in total. The maximum Gasteiger partial charge on any atom is 0.410 e. The average Bonchev–Trinajstić information content (AvgIpc) is 2.19. The van der Waals surface area contributed by atoms with Crippen LogP contribution in [0.5, 0.6) is 0 Å². The third-order valence-corrected chi connectivity index (χ3v) is 2.92. The van der Waals surface area contributed by atoms with Crippen LogP contribution >= 0.6 is 23.2 Å². The van der Waals surface area contributed by atoms with Crippen molar-refractivity contribution < 1.29 is 9.53 Å². The Hall–Kier alpha value is -0.150. The van der Waals surface area contributed by atoms with Gasteiger partial charge in [-0.3, -0.25) is 0 Å². The maximum atomic E-state index is 11.8. The van der Waals surface area contributed by atoms with Gasteiger partial charge >= 0.3 is 6.09 Å². The third kappa shape index (κ3) is 5.26. The van der Waals surface area contributed by atoms with E-state index in [4.69, 9.17) is 27.9 Å². The lowest BCUT2D eigenvalue weighted by atomic mass is 10.1. The number of hydrogen-bond donors (Lipinski definition) is 0. The Labute approximate surface area is 108 Å². The summed E-state index contributed by atoms with van der Waals surface area (Å²) in [5, 5.41) is 0. The van der Waals surface area contributed by atoms with Gasteiger partial charge in [-0.2, -0.15) is 0 Å². The van der Waals surface area contributed by atoms with Crippen LogP contribution in [0.2, 0.25) is 0 Å². The molecule has 0 aromatic carbocycles. The molecular weight excluding hydrogens is 249 g/mol. The van der Waals surface area contributed by atoms with E-state index in [9.17, 15) is 4.79 Å². The summed E-state index contributed by atoms with van der Waals surface area (Å²) in [6.45, 7) is 6.14. The second-order valence-corrected chi connectivity index (χ2v) is 4.52. The largest absolute Gasteiger partial charge is 0.450 e. The van der Waals surface area contributed by atoms with E-state index in [0.29, 0.717) is 18.4 Å². The van der Waals surface area contributed by atoms with Gasteiger partial charge in [-0.1, -0.05) is 0 Å². The Morgan fingerprint density at radius 3 is 1.94 bits per heavy atom. The highest BCUT2D eigenvalue weighted by molar-refractivity contribution is 6.18. The van der Waals surface area contributed by atoms with Gasteiger partial charge in [-0.25, -0.2) is 4.79 Å². The van der Waals surface area contributed by atoms with Crippen LogP contribution in [0.15, 0.2) is 0 Å². The van der Waals surface area contributed by atoms with Gasteiger partial charge in [-0.15, -0.1) is 23.2 Å². The molecular formula is C11H21Cl2NO2. The number of hydrogen-bond acceptors (Lipinski definition) is 2. The number of carbonyl (C=O) groups is 1. The Bertz CT molecular complexity index is 190. The van der Waals surface area contributed by atoms with Gasteiger partial charge in [0.15, 0.2) is 0 Å². The quantitative estimate of drug-likeness (QED) is 0.663. The van der Waals surface area contributed by atoms with Crippen molar-refractivity contribution in [3.63, 3.8) is 0 Å². The number of amides is 1. The minimum absolute atomic E-state index is 0.0785. The molecule has 1 amide bonds. The Kier molecular flexibility index (Phi) is 8.86. The topological polar surface area (TPSA) is 29.5 Å². The predicted octanol–water partition coefficient (Wildman–Crippen LogP) is 3.48. The molecule has 0 spiro atoms. The average molecular weight is 270 g/mol. The summed E-state index contributed by atoms with van der Waals surface area (Å²) in [6.07, 6.45) is 1.23. The molecule has 5 heteroatoms. The zero-order chi connectivity index (χ0) is 12.6. The molecule has 0 bridgehead atoms. The zero-order valence-electron chi connectivity index (χ0n) is 10.2. The molecule has 2 unspecified atom stereocenters. The highest BCUT2D eigenvalue weighted by Crippen LogP contribution is 2.15. The Balaban J connectivity index is 4.53. The van der Waals surface area contributed by atoms with Gasteiger partial charge < -0.3 is 9.64 Å². The van der Waals surface area contributed by atoms with Crippen molar-refractivity contribution in [1.29, 1.82) is 0 Å². The minimum atomic E-state index is -0.280. The molecule has 0 saturated heterocycles. The summed E-state index contributed by atoms with van der Waals surface area (Å²) in [6, 6.07) is 0.157. The van der Waals surface area contributed by atoms with Crippen LogP contribution in [0.25, 0.3) is 0 Å². The molecule has 0 aliphatic carbocycles. The van der Waals surface area contributed by atoms with E-state index in [1.807, 2.05) is 13.8 Å². The van der Waals surface area contributed by atoms with Crippen molar-refractivity contribution in [2.45, 2.75) is 45.7 Å². The highest BCUT2D eigenvalue weighted by atomic mass is 35.5. The lowest BCUT2D eigenvalue weighted by Crippen LogP contribution is -2.45. The number of ether oxygens (including phenoxy) is 1. The molecule has 0 aliphatic rings. The van der Waals surface area contributed by atoms with Crippen LogP contribution in [-0.2, 0) is 4.74 Å². The summed E-state index contributed by atoms with van der Waals surface area (Å²) in [5.41, 5.74) is 0. The number of halogens is 2. The van der Waals surface area contributed by atoms with Crippen molar-refractivity contribution >= 4 is 29.3 Å². The van der Waals surface area contributed by atoms with Crippen molar-refractivity contribution in [3.05, 3.63) is 0 Å². The first-order chi connectivity index (χ1) is 7.58. The number of carbonyl (C=O) groups excluding carboxylic acids is 1. The summed E-state index contributed by atoms with van der Waals surface area (Å²) in [7, 11) is 0. The van der Waals surface area contributed by atoms with E-state index in [1.165, 1.54) is 0 Å². The predicted molar refractivity (Wildman–Crippen MR) is 68.5 cm³/mol. The zero-order valence-corrected chi connectivity index (χ0v) is 11.7. The van der Waals surface area contributed by atoms with E-state index >= 15 is 0 Å². The third-order valence-electron chi connectivity index (χ3n) is 2.48. The molecule has 0 heterocycles. The molecule has 0 saturated carbocycles. The van der Waals surface area contributed by atoms with Gasteiger partial charge in [0.25, 0.3) is 0 Å². The van der Waals surface area contributed by atoms with Crippen molar-refractivity contribution in [1.82, 2.24) is 4.90 Å². The monoisotopic (exact) mass is 269 g/mol. The fraction of sp³-hybridized carbons (Fsp3) is 0.909. The van der Waals surface area contributed by atoms with Crippen LogP contribution in [-0.4, -0.2) is 41.4 Å². The van der Waals surface area contributed by atoms with E-state index in [1.54, 1.807) is 11.8 Å². The van der Waals surface area contributed by atoms with Crippen LogP contribution in [0.1, 0.15) is 33.6 Å². The van der Waals surface area contributed by atoms with Crippen LogP contribution in [0.4, 0.5) is 4.79 Å². The fourth-order valence-corrected chi connectivity index (χ4v) is 2.22. The van der Waals surface area contributed by atoms with E-state index in [0.717, 1.165) is 12.8 Å². The second kappa shape index (κ2) is 8.94. The molecule has 0 aliphatic heterocycles. The molecule has 0 aromatic heterocycles. The van der Waals surface area contributed by atoms with Gasteiger partial charge in [0.1, 0.15) is 0 Å². The first kappa shape index (κ1) is 15.9. The van der Waals surface area contributed by atoms with Crippen molar-refractivity contribution in [2.75, 3.05) is 18.4 Å². The Morgan fingerprint density at radius 2 is 1.62 bits per heavy atom. The highest BCUT2D eigenvalue weighted by Gasteiger charge is 2.25.